The minimum atomic E-state index is -0.270. The van der Waals surface area contributed by atoms with Gasteiger partial charge in [0.25, 0.3) is 0 Å². The molecular weight excluding hydrogens is 176 g/mol. The molecule has 0 N–H and O–H groups in total. The van der Waals surface area contributed by atoms with Gasteiger partial charge in [0.05, 0.1) is 0 Å². The highest BCUT2D eigenvalue weighted by molar-refractivity contribution is 6.29. The molecule has 1 rings (SSSR count). The van der Waals surface area contributed by atoms with E-state index in [4.69, 9.17) is 4.43 Å². The average molecular weight is 194 g/mol. The molecule has 0 radical (unpaired) electrons. The Morgan fingerprint density at radius 1 is 1.23 bits per heavy atom. The predicted octanol–water partition coefficient (Wildman–Crippen LogP) is 2.16. The third kappa shape index (κ3) is 4.86. The van der Waals surface area contributed by atoms with Crippen molar-refractivity contribution in [1.82, 2.24) is 0 Å². The normalized spacial score (nSPS) is 11.6. The zero-order chi connectivity index (χ0) is 9.52. The van der Waals surface area contributed by atoms with Crippen LogP contribution in [-0.4, -0.2) is 16.4 Å². The molecule has 0 aromatic heterocycles. The van der Waals surface area contributed by atoms with Gasteiger partial charge in [0, 0.05) is 6.61 Å². The number of hydrogen-bond acceptors (Lipinski definition) is 1. The van der Waals surface area contributed by atoms with Crippen molar-refractivity contribution in [2.45, 2.75) is 25.8 Å². The molecule has 0 aliphatic heterocycles. The highest BCUT2D eigenvalue weighted by Crippen LogP contribution is 2.01. The second kappa shape index (κ2) is 5.94. The van der Waals surface area contributed by atoms with Gasteiger partial charge in [-0.15, -0.1) is 0 Å². The van der Waals surface area contributed by atoms with Crippen LogP contribution in [0.5, 0.6) is 0 Å². The molecule has 1 aromatic rings. The Labute approximate surface area is 83.1 Å². The quantitative estimate of drug-likeness (QED) is 0.515. The molecule has 1 nitrogen and oxygen atoms in total. The van der Waals surface area contributed by atoms with E-state index in [0.717, 1.165) is 18.6 Å². The van der Waals surface area contributed by atoms with Crippen LogP contribution in [0, 0.1) is 0 Å². The molecular formula is C11H18OSi. The highest BCUT2D eigenvalue weighted by Gasteiger charge is 1.95. The van der Waals surface area contributed by atoms with E-state index in [2.05, 4.69) is 38.1 Å². The van der Waals surface area contributed by atoms with Crippen molar-refractivity contribution in [2.24, 2.45) is 0 Å². The first-order valence-electron chi connectivity index (χ1n) is 4.90. The molecule has 0 amide bonds. The molecule has 0 aliphatic carbocycles. The van der Waals surface area contributed by atoms with E-state index in [-0.39, 0.29) is 9.76 Å². The van der Waals surface area contributed by atoms with E-state index in [1.165, 1.54) is 5.56 Å². The van der Waals surface area contributed by atoms with Gasteiger partial charge in [0.2, 0.25) is 0 Å². The lowest BCUT2D eigenvalue weighted by Crippen LogP contribution is -2.05. The molecule has 0 fully saturated rings. The van der Waals surface area contributed by atoms with Crippen molar-refractivity contribution in [3.05, 3.63) is 35.9 Å². The minimum Gasteiger partial charge on any atom is -0.423 e. The maximum Gasteiger partial charge on any atom is 0.164 e. The Bertz CT molecular complexity index is 221. The fraction of sp³-hybridized carbons (Fsp3) is 0.455. The van der Waals surface area contributed by atoms with Crippen LogP contribution in [-0.2, 0) is 10.8 Å². The SMILES string of the molecule is CC(C)[SiH2]OCCc1ccccc1. The lowest BCUT2D eigenvalue weighted by atomic mass is 10.2. The molecule has 0 unspecified atom stereocenters. The maximum atomic E-state index is 5.64. The van der Waals surface area contributed by atoms with Crippen LogP contribution in [0.4, 0.5) is 0 Å². The third-order valence-corrected chi connectivity index (χ3v) is 3.02. The van der Waals surface area contributed by atoms with Crippen LogP contribution in [0.25, 0.3) is 0 Å². The van der Waals surface area contributed by atoms with Gasteiger partial charge < -0.3 is 4.43 Å². The lowest BCUT2D eigenvalue weighted by Gasteiger charge is -2.05. The summed E-state index contributed by atoms with van der Waals surface area (Å²) in [4.78, 5) is 0. The molecule has 0 bridgehead atoms. The van der Waals surface area contributed by atoms with Crippen molar-refractivity contribution in [1.29, 1.82) is 0 Å². The molecule has 0 atom stereocenters. The Balaban J connectivity index is 2.13. The van der Waals surface area contributed by atoms with E-state index in [9.17, 15) is 0 Å². The second-order valence-corrected chi connectivity index (χ2v) is 6.08. The largest absolute Gasteiger partial charge is 0.423 e. The van der Waals surface area contributed by atoms with Gasteiger partial charge in [-0.1, -0.05) is 44.2 Å². The molecule has 0 saturated heterocycles. The lowest BCUT2D eigenvalue weighted by molar-refractivity contribution is 0.335. The zero-order valence-electron chi connectivity index (χ0n) is 8.49. The highest BCUT2D eigenvalue weighted by atomic mass is 28.2. The van der Waals surface area contributed by atoms with Crippen molar-refractivity contribution in [3.63, 3.8) is 0 Å². The summed E-state index contributed by atoms with van der Waals surface area (Å²) in [6, 6.07) is 10.5. The summed E-state index contributed by atoms with van der Waals surface area (Å²) in [5.74, 6) is 0. The van der Waals surface area contributed by atoms with Crippen molar-refractivity contribution in [2.75, 3.05) is 6.61 Å². The molecule has 13 heavy (non-hydrogen) atoms. The number of rotatable bonds is 5. The van der Waals surface area contributed by atoms with Crippen molar-refractivity contribution < 1.29 is 4.43 Å². The Hall–Kier alpha value is -0.603. The molecule has 0 heterocycles. The molecule has 0 saturated carbocycles. The second-order valence-electron chi connectivity index (χ2n) is 3.70. The topological polar surface area (TPSA) is 9.23 Å². The van der Waals surface area contributed by atoms with Crippen molar-refractivity contribution in [3.8, 4) is 0 Å². The summed E-state index contributed by atoms with van der Waals surface area (Å²) in [7, 11) is -0.270. The van der Waals surface area contributed by atoms with Gasteiger partial charge in [-0.2, -0.15) is 0 Å². The molecule has 1 aromatic carbocycles. The predicted molar refractivity (Wildman–Crippen MR) is 59.7 cm³/mol. The smallest absolute Gasteiger partial charge is 0.164 e. The summed E-state index contributed by atoms with van der Waals surface area (Å²) in [6.45, 7) is 5.36. The van der Waals surface area contributed by atoms with Crippen LogP contribution in [0.15, 0.2) is 30.3 Å². The summed E-state index contributed by atoms with van der Waals surface area (Å²) in [5, 5.41) is 0. The average Bonchev–Trinajstić information content (AvgIpc) is 2.14. The van der Waals surface area contributed by atoms with E-state index in [0.29, 0.717) is 0 Å². The monoisotopic (exact) mass is 194 g/mol. The standard InChI is InChI=1S/C11H18OSi/c1-10(2)13-12-9-8-11-6-4-3-5-7-11/h3-7,10H,8-9,13H2,1-2H3. The fourth-order valence-corrected chi connectivity index (χ4v) is 1.94. The fourth-order valence-electron chi connectivity index (χ4n) is 1.15. The van der Waals surface area contributed by atoms with Crippen LogP contribution in [0.2, 0.25) is 5.54 Å². The summed E-state index contributed by atoms with van der Waals surface area (Å²) >= 11 is 0. The van der Waals surface area contributed by atoms with E-state index >= 15 is 0 Å². The molecule has 2 heteroatoms. The maximum absolute atomic E-state index is 5.64. The van der Waals surface area contributed by atoms with E-state index in [1.807, 2.05) is 6.07 Å². The van der Waals surface area contributed by atoms with Crippen LogP contribution in [0.1, 0.15) is 19.4 Å². The first-order chi connectivity index (χ1) is 6.29. The first kappa shape index (κ1) is 10.5. The van der Waals surface area contributed by atoms with Gasteiger partial charge >= 0.3 is 0 Å². The summed E-state index contributed by atoms with van der Waals surface area (Å²) in [5.41, 5.74) is 2.15. The Morgan fingerprint density at radius 2 is 1.92 bits per heavy atom. The van der Waals surface area contributed by atoms with Crippen LogP contribution in [0.3, 0.4) is 0 Å². The molecule has 0 aliphatic rings. The van der Waals surface area contributed by atoms with E-state index in [1.54, 1.807) is 0 Å². The first-order valence-corrected chi connectivity index (χ1v) is 6.30. The third-order valence-electron chi connectivity index (χ3n) is 1.83. The van der Waals surface area contributed by atoms with E-state index < -0.39 is 0 Å². The van der Waals surface area contributed by atoms with Gasteiger partial charge in [0.1, 0.15) is 0 Å². The number of benzene rings is 1. The van der Waals surface area contributed by atoms with Crippen LogP contribution < -0.4 is 0 Å². The van der Waals surface area contributed by atoms with Gasteiger partial charge in [0.15, 0.2) is 9.76 Å². The summed E-state index contributed by atoms with van der Waals surface area (Å²) < 4.78 is 5.64. The van der Waals surface area contributed by atoms with Crippen LogP contribution >= 0.6 is 0 Å². The minimum absolute atomic E-state index is 0.270. The Kier molecular flexibility index (Phi) is 4.79. The van der Waals surface area contributed by atoms with Crippen molar-refractivity contribution >= 4 is 9.76 Å². The van der Waals surface area contributed by atoms with Gasteiger partial charge in [-0.25, -0.2) is 0 Å². The van der Waals surface area contributed by atoms with Gasteiger partial charge in [-0.3, -0.25) is 0 Å². The summed E-state index contributed by atoms with van der Waals surface area (Å²) in [6.07, 6.45) is 1.06. The van der Waals surface area contributed by atoms with Gasteiger partial charge in [-0.05, 0) is 17.5 Å². The Morgan fingerprint density at radius 3 is 2.54 bits per heavy atom. The number of hydrogen-bond donors (Lipinski definition) is 0. The molecule has 72 valence electrons. The zero-order valence-corrected chi connectivity index (χ0v) is 9.91. The molecule has 0 spiro atoms.